The van der Waals surface area contributed by atoms with Gasteiger partial charge in [0.05, 0.1) is 12.2 Å². The summed E-state index contributed by atoms with van der Waals surface area (Å²) in [5, 5.41) is 18.7. The van der Waals surface area contributed by atoms with Crippen molar-refractivity contribution in [2.45, 2.75) is 26.2 Å². The SMILES string of the molecule is CCCCCN(CCO)C(=O)c1ccccc1O. The van der Waals surface area contributed by atoms with Gasteiger partial charge in [0.15, 0.2) is 0 Å². The lowest BCUT2D eigenvalue weighted by Gasteiger charge is -2.22. The first kappa shape index (κ1) is 14.5. The number of aliphatic hydroxyl groups is 1. The van der Waals surface area contributed by atoms with Crippen molar-refractivity contribution in [3.05, 3.63) is 29.8 Å². The first-order valence-corrected chi connectivity index (χ1v) is 6.38. The molecular formula is C14H21NO3. The van der Waals surface area contributed by atoms with Crippen LogP contribution in [0.25, 0.3) is 0 Å². The van der Waals surface area contributed by atoms with Gasteiger partial charge in [-0.2, -0.15) is 0 Å². The van der Waals surface area contributed by atoms with E-state index >= 15 is 0 Å². The molecule has 100 valence electrons. The summed E-state index contributed by atoms with van der Waals surface area (Å²) in [6.07, 6.45) is 3.05. The van der Waals surface area contributed by atoms with E-state index in [2.05, 4.69) is 6.92 Å². The van der Waals surface area contributed by atoms with E-state index in [1.165, 1.54) is 6.07 Å². The predicted molar refractivity (Wildman–Crippen MR) is 70.6 cm³/mol. The van der Waals surface area contributed by atoms with Crippen LogP contribution in [-0.2, 0) is 0 Å². The molecule has 0 saturated heterocycles. The van der Waals surface area contributed by atoms with E-state index in [9.17, 15) is 9.90 Å². The molecule has 0 atom stereocenters. The Morgan fingerprint density at radius 1 is 1.22 bits per heavy atom. The third-order valence-corrected chi connectivity index (χ3v) is 2.82. The van der Waals surface area contributed by atoms with Gasteiger partial charge in [-0.25, -0.2) is 0 Å². The molecule has 1 aromatic carbocycles. The molecule has 4 nitrogen and oxygen atoms in total. The third kappa shape index (κ3) is 4.04. The Morgan fingerprint density at radius 2 is 1.94 bits per heavy atom. The number of hydrogen-bond donors (Lipinski definition) is 2. The summed E-state index contributed by atoms with van der Waals surface area (Å²) in [4.78, 5) is 13.8. The monoisotopic (exact) mass is 251 g/mol. The van der Waals surface area contributed by atoms with Crippen molar-refractivity contribution in [3.8, 4) is 5.75 Å². The Balaban J connectivity index is 2.73. The largest absolute Gasteiger partial charge is 0.507 e. The summed E-state index contributed by atoms with van der Waals surface area (Å²) < 4.78 is 0. The van der Waals surface area contributed by atoms with Gasteiger partial charge in [-0.1, -0.05) is 31.9 Å². The fraction of sp³-hybridized carbons (Fsp3) is 0.500. The number of rotatable bonds is 7. The van der Waals surface area contributed by atoms with Gasteiger partial charge in [0.2, 0.25) is 0 Å². The van der Waals surface area contributed by atoms with E-state index in [1.54, 1.807) is 23.1 Å². The maximum Gasteiger partial charge on any atom is 0.257 e. The fourth-order valence-electron chi connectivity index (χ4n) is 1.81. The lowest BCUT2D eigenvalue weighted by atomic mass is 10.1. The minimum atomic E-state index is -0.224. The molecule has 1 rings (SSSR count). The Labute approximate surface area is 108 Å². The maximum atomic E-state index is 12.2. The van der Waals surface area contributed by atoms with E-state index in [0.29, 0.717) is 18.7 Å². The molecule has 0 unspecified atom stereocenters. The molecule has 0 bridgehead atoms. The number of phenols is 1. The lowest BCUT2D eigenvalue weighted by molar-refractivity contribution is 0.0715. The number of carbonyl (C=O) groups excluding carboxylic acids is 1. The second kappa shape index (κ2) is 7.71. The summed E-state index contributed by atoms with van der Waals surface area (Å²) in [7, 11) is 0. The number of aliphatic hydroxyl groups excluding tert-OH is 1. The molecule has 0 heterocycles. The fourth-order valence-corrected chi connectivity index (χ4v) is 1.81. The van der Waals surface area contributed by atoms with Crippen LogP contribution in [0.3, 0.4) is 0 Å². The Morgan fingerprint density at radius 3 is 2.56 bits per heavy atom. The van der Waals surface area contributed by atoms with Crippen LogP contribution in [0.5, 0.6) is 5.75 Å². The minimum absolute atomic E-state index is 0.0130. The number of aromatic hydroxyl groups is 1. The second-order valence-corrected chi connectivity index (χ2v) is 4.24. The van der Waals surface area contributed by atoms with Crippen LogP contribution in [0, 0.1) is 0 Å². The van der Waals surface area contributed by atoms with E-state index in [0.717, 1.165) is 19.3 Å². The van der Waals surface area contributed by atoms with E-state index < -0.39 is 0 Å². The van der Waals surface area contributed by atoms with Crippen LogP contribution in [0.1, 0.15) is 36.5 Å². The van der Waals surface area contributed by atoms with Gasteiger partial charge in [-0.15, -0.1) is 0 Å². The minimum Gasteiger partial charge on any atom is -0.507 e. The summed E-state index contributed by atoms with van der Waals surface area (Å²) in [5.74, 6) is -0.237. The van der Waals surface area contributed by atoms with E-state index in [-0.39, 0.29) is 18.3 Å². The zero-order valence-electron chi connectivity index (χ0n) is 10.8. The van der Waals surface area contributed by atoms with Crippen molar-refractivity contribution in [1.82, 2.24) is 4.90 Å². The molecular weight excluding hydrogens is 230 g/mol. The molecule has 2 N–H and O–H groups in total. The molecule has 0 aromatic heterocycles. The number of hydrogen-bond acceptors (Lipinski definition) is 3. The van der Waals surface area contributed by atoms with Gasteiger partial charge < -0.3 is 15.1 Å². The maximum absolute atomic E-state index is 12.2. The van der Waals surface area contributed by atoms with Crippen LogP contribution in [0.15, 0.2) is 24.3 Å². The summed E-state index contributed by atoms with van der Waals surface area (Å²) in [6, 6.07) is 6.49. The zero-order chi connectivity index (χ0) is 13.4. The highest BCUT2D eigenvalue weighted by atomic mass is 16.3. The van der Waals surface area contributed by atoms with E-state index in [1.807, 2.05) is 0 Å². The molecule has 0 radical (unpaired) electrons. The number of unbranched alkanes of at least 4 members (excludes halogenated alkanes) is 2. The van der Waals surface area contributed by atoms with Crippen LogP contribution < -0.4 is 0 Å². The van der Waals surface area contributed by atoms with Crippen molar-refractivity contribution >= 4 is 5.91 Å². The Bertz CT molecular complexity index is 379. The summed E-state index contributed by atoms with van der Waals surface area (Å²) in [6.45, 7) is 2.95. The molecule has 1 aromatic rings. The molecule has 0 aliphatic heterocycles. The molecule has 0 fully saturated rings. The van der Waals surface area contributed by atoms with Crippen molar-refractivity contribution in [3.63, 3.8) is 0 Å². The van der Waals surface area contributed by atoms with Crippen LogP contribution in [0.4, 0.5) is 0 Å². The third-order valence-electron chi connectivity index (χ3n) is 2.82. The Hall–Kier alpha value is -1.55. The zero-order valence-corrected chi connectivity index (χ0v) is 10.8. The highest BCUT2D eigenvalue weighted by Gasteiger charge is 2.17. The second-order valence-electron chi connectivity index (χ2n) is 4.24. The number of para-hydroxylation sites is 1. The highest BCUT2D eigenvalue weighted by Crippen LogP contribution is 2.18. The topological polar surface area (TPSA) is 60.8 Å². The Kier molecular flexibility index (Phi) is 6.22. The number of benzene rings is 1. The summed E-state index contributed by atoms with van der Waals surface area (Å²) in [5.41, 5.74) is 0.294. The smallest absolute Gasteiger partial charge is 0.257 e. The molecule has 1 amide bonds. The number of amides is 1. The van der Waals surface area contributed by atoms with Gasteiger partial charge in [0, 0.05) is 13.1 Å². The molecule has 0 aliphatic rings. The first-order valence-electron chi connectivity index (χ1n) is 6.38. The molecule has 0 spiro atoms. The number of phenolic OH excluding ortho intramolecular Hbond substituents is 1. The van der Waals surface area contributed by atoms with Gasteiger partial charge in [-0.3, -0.25) is 4.79 Å². The van der Waals surface area contributed by atoms with Crippen molar-refractivity contribution < 1.29 is 15.0 Å². The van der Waals surface area contributed by atoms with Crippen LogP contribution >= 0.6 is 0 Å². The van der Waals surface area contributed by atoms with Gasteiger partial charge >= 0.3 is 0 Å². The molecule has 18 heavy (non-hydrogen) atoms. The van der Waals surface area contributed by atoms with Crippen molar-refractivity contribution in [1.29, 1.82) is 0 Å². The average Bonchev–Trinajstić information content (AvgIpc) is 2.38. The molecule has 0 saturated carbocycles. The van der Waals surface area contributed by atoms with Gasteiger partial charge in [0.1, 0.15) is 5.75 Å². The summed E-state index contributed by atoms with van der Waals surface area (Å²) >= 11 is 0. The predicted octanol–water partition coefficient (Wildman–Crippen LogP) is 2.02. The average molecular weight is 251 g/mol. The van der Waals surface area contributed by atoms with Gasteiger partial charge in [0.25, 0.3) is 5.91 Å². The normalized spacial score (nSPS) is 10.3. The quantitative estimate of drug-likeness (QED) is 0.729. The van der Waals surface area contributed by atoms with Crippen LogP contribution in [-0.4, -0.2) is 40.7 Å². The molecule has 4 heteroatoms. The highest BCUT2D eigenvalue weighted by molar-refractivity contribution is 5.96. The van der Waals surface area contributed by atoms with E-state index in [4.69, 9.17) is 5.11 Å². The van der Waals surface area contributed by atoms with Gasteiger partial charge in [-0.05, 0) is 18.6 Å². The number of nitrogens with zero attached hydrogens (tertiary/aromatic N) is 1. The first-order chi connectivity index (χ1) is 8.70. The lowest BCUT2D eigenvalue weighted by Crippen LogP contribution is -2.34. The van der Waals surface area contributed by atoms with Crippen molar-refractivity contribution in [2.24, 2.45) is 0 Å². The van der Waals surface area contributed by atoms with Crippen molar-refractivity contribution in [2.75, 3.05) is 19.7 Å². The molecule has 0 aliphatic carbocycles. The van der Waals surface area contributed by atoms with Crippen LogP contribution in [0.2, 0.25) is 0 Å². The standard InChI is InChI=1S/C14H21NO3/c1-2-3-6-9-15(10-11-16)14(18)12-7-4-5-8-13(12)17/h4-5,7-8,16-17H,2-3,6,9-11H2,1H3. The number of carbonyl (C=O) groups is 1.